The van der Waals surface area contributed by atoms with Crippen molar-refractivity contribution in [2.45, 2.75) is 64.9 Å². The van der Waals surface area contributed by atoms with Crippen LogP contribution in [-0.4, -0.2) is 30.9 Å². The first kappa shape index (κ1) is 19.9. The standard InChI is InChI=1S/C23H29NO5/c1-13(25)28-15-5-6-16-17-9-10-23(3)20(7-8-22(23)29-14(2)26)18(17)12-21(24-27-4)19(16)11-15/h5-6,11,17-18,20,22H,7-10,12H2,1-4H3/b24-21+/t17-,18-,20+,22+,23+/m1/s1. The molecule has 1 aromatic rings. The third-order valence-corrected chi connectivity index (χ3v) is 7.29. The Bertz CT molecular complexity index is 863. The first-order valence-corrected chi connectivity index (χ1v) is 10.4. The van der Waals surface area contributed by atoms with E-state index in [9.17, 15) is 9.59 Å². The van der Waals surface area contributed by atoms with Gasteiger partial charge in [-0.25, -0.2) is 0 Å². The van der Waals surface area contributed by atoms with E-state index < -0.39 is 0 Å². The summed E-state index contributed by atoms with van der Waals surface area (Å²) in [5.41, 5.74) is 3.19. The maximum atomic E-state index is 11.6. The van der Waals surface area contributed by atoms with Crippen LogP contribution in [0.1, 0.15) is 69.9 Å². The highest BCUT2D eigenvalue weighted by molar-refractivity contribution is 6.03. The van der Waals surface area contributed by atoms with Crippen molar-refractivity contribution in [2.24, 2.45) is 22.4 Å². The number of esters is 2. The van der Waals surface area contributed by atoms with E-state index in [1.807, 2.05) is 12.1 Å². The Morgan fingerprint density at radius 2 is 1.93 bits per heavy atom. The number of hydrogen-bond acceptors (Lipinski definition) is 6. The zero-order valence-corrected chi connectivity index (χ0v) is 17.6. The highest BCUT2D eigenvalue weighted by Gasteiger charge is 2.56. The lowest BCUT2D eigenvalue weighted by molar-refractivity contribution is -0.154. The fourth-order valence-electron chi connectivity index (χ4n) is 6.17. The molecule has 0 spiro atoms. The molecule has 2 saturated carbocycles. The summed E-state index contributed by atoms with van der Waals surface area (Å²) in [6.07, 6.45) is 4.91. The maximum absolute atomic E-state index is 11.6. The highest BCUT2D eigenvalue weighted by atomic mass is 16.6. The third kappa shape index (κ3) is 3.43. The van der Waals surface area contributed by atoms with Gasteiger partial charge in [0.2, 0.25) is 0 Å². The second-order valence-corrected chi connectivity index (χ2v) is 8.86. The van der Waals surface area contributed by atoms with Gasteiger partial charge < -0.3 is 14.3 Å². The van der Waals surface area contributed by atoms with Crippen molar-refractivity contribution < 1.29 is 23.9 Å². The lowest BCUT2D eigenvalue weighted by Crippen LogP contribution is -2.46. The van der Waals surface area contributed by atoms with E-state index in [1.165, 1.54) is 19.4 Å². The predicted octanol–water partition coefficient (Wildman–Crippen LogP) is 4.21. The van der Waals surface area contributed by atoms with Crippen molar-refractivity contribution in [3.8, 4) is 5.75 Å². The molecule has 3 aliphatic rings. The van der Waals surface area contributed by atoms with Crippen molar-refractivity contribution in [1.29, 1.82) is 0 Å². The van der Waals surface area contributed by atoms with Crippen LogP contribution >= 0.6 is 0 Å². The topological polar surface area (TPSA) is 74.2 Å². The second-order valence-electron chi connectivity index (χ2n) is 8.86. The summed E-state index contributed by atoms with van der Waals surface area (Å²) in [4.78, 5) is 28.1. The van der Waals surface area contributed by atoms with Crippen molar-refractivity contribution in [3.63, 3.8) is 0 Å². The Morgan fingerprint density at radius 1 is 1.14 bits per heavy atom. The number of benzene rings is 1. The average Bonchev–Trinajstić information content (AvgIpc) is 2.98. The minimum absolute atomic E-state index is 0.00139. The summed E-state index contributed by atoms with van der Waals surface area (Å²) in [6.45, 7) is 5.20. The molecule has 4 rings (SSSR count). The molecule has 6 heteroatoms. The molecule has 29 heavy (non-hydrogen) atoms. The summed E-state index contributed by atoms with van der Waals surface area (Å²) in [5.74, 6) is 1.37. The normalized spacial score (nSPS) is 34.0. The van der Waals surface area contributed by atoms with E-state index >= 15 is 0 Å². The van der Waals surface area contributed by atoms with E-state index in [1.54, 1.807) is 7.11 Å². The highest BCUT2D eigenvalue weighted by Crippen LogP contribution is 2.61. The first-order chi connectivity index (χ1) is 13.8. The molecule has 0 aromatic heterocycles. The first-order valence-electron chi connectivity index (χ1n) is 10.4. The fraction of sp³-hybridized carbons (Fsp3) is 0.609. The van der Waals surface area contributed by atoms with Crippen LogP contribution in [0.25, 0.3) is 0 Å². The second kappa shape index (κ2) is 7.47. The molecule has 0 heterocycles. The Labute approximate surface area is 171 Å². The van der Waals surface area contributed by atoms with E-state index in [4.69, 9.17) is 14.3 Å². The largest absolute Gasteiger partial charge is 0.462 e. The lowest BCUT2D eigenvalue weighted by atomic mass is 9.55. The van der Waals surface area contributed by atoms with Gasteiger partial charge in [-0.2, -0.15) is 0 Å². The molecule has 6 nitrogen and oxygen atoms in total. The summed E-state index contributed by atoms with van der Waals surface area (Å²) < 4.78 is 11.0. The van der Waals surface area contributed by atoms with Gasteiger partial charge in [0.25, 0.3) is 0 Å². The van der Waals surface area contributed by atoms with Crippen LogP contribution in [0.5, 0.6) is 5.75 Å². The third-order valence-electron chi connectivity index (χ3n) is 7.29. The van der Waals surface area contributed by atoms with Gasteiger partial charge in [0.1, 0.15) is 19.0 Å². The molecule has 1 aromatic carbocycles. The molecule has 3 aliphatic carbocycles. The van der Waals surface area contributed by atoms with Crippen LogP contribution in [0.3, 0.4) is 0 Å². The molecular formula is C23H29NO5. The van der Waals surface area contributed by atoms with Crippen LogP contribution in [0, 0.1) is 17.3 Å². The van der Waals surface area contributed by atoms with E-state index in [0.717, 1.165) is 43.4 Å². The number of nitrogens with zero attached hydrogens (tertiary/aromatic N) is 1. The number of carbonyl (C=O) groups excluding carboxylic acids is 2. The molecule has 2 fully saturated rings. The Morgan fingerprint density at radius 3 is 2.62 bits per heavy atom. The Balaban J connectivity index is 1.69. The van der Waals surface area contributed by atoms with Crippen molar-refractivity contribution in [1.82, 2.24) is 0 Å². The van der Waals surface area contributed by atoms with Crippen LogP contribution in [0.15, 0.2) is 23.4 Å². The minimum Gasteiger partial charge on any atom is -0.462 e. The van der Waals surface area contributed by atoms with Gasteiger partial charge in [-0.15, -0.1) is 0 Å². The van der Waals surface area contributed by atoms with Crippen LogP contribution < -0.4 is 4.74 Å². The van der Waals surface area contributed by atoms with Crippen molar-refractivity contribution in [2.75, 3.05) is 7.11 Å². The number of oxime groups is 1. The van der Waals surface area contributed by atoms with E-state index in [0.29, 0.717) is 23.5 Å². The zero-order valence-electron chi connectivity index (χ0n) is 17.6. The minimum atomic E-state index is -0.334. The maximum Gasteiger partial charge on any atom is 0.308 e. The summed E-state index contributed by atoms with van der Waals surface area (Å²) >= 11 is 0. The predicted molar refractivity (Wildman–Crippen MR) is 108 cm³/mol. The number of fused-ring (bicyclic) bond motifs is 5. The van der Waals surface area contributed by atoms with Crippen molar-refractivity contribution in [3.05, 3.63) is 29.3 Å². The van der Waals surface area contributed by atoms with E-state index in [2.05, 4.69) is 18.1 Å². The van der Waals surface area contributed by atoms with Gasteiger partial charge in [-0.05, 0) is 67.6 Å². The molecule has 0 aliphatic heterocycles. The fourth-order valence-corrected chi connectivity index (χ4v) is 6.17. The van der Waals surface area contributed by atoms with Crippen LogP contribution in [0.2, 0.25) is 0 Å². The molecule has 0 N–H and O–H groups in total. The molecule has 0 unspecified atom stereocenters. The molecule has 0 saturated heterocycles. The molecular weight excluding hydrogens is 370 g/mol. The Kier molecular flexibility index (Phi) is 5.13. The van der Waals surface area contributed by atoms with Gasteiger partial charge in [0.15, 0.2) is 0 Å². The molecule has 0 radical (unpaired) electrons. The summed E-state index contributed by atoms with van der Waals surface area (Å²) in [6, 6.07) is 5.86. The number of ether oxygens (including phenoxy) is 2. The Hall–Kier alpha value is -2.37. The number of hydrogen-bond donors (Lipinski definition) is 0. The van der Waals surface area contributed by atoms with E-state index in [-0.39, 0.29) is 23.5 Å². The van der Waals surface area contributed by atoms with Crippen molar-refractivity contribution >= 4 is 17.7 Å². The van der Waals surface area contributed by atoms with Gasteiger partial charge in [0, 0.05) is 24.8 Å². The number of carbonyl (C=O) groups is 2. The van der Waals surface area contributed by atoms with Gasteiger partial charge in [-0.3, -0.25) is 9.59 Å². The van der Waals surface area contributed by atoms with Gasteiger partial charge in [0.05, 0.1) is 5.71 Å². The monoisotopic (exact) mass is 399 g/mol. The number of rotatable bonds is 3. The van der Waals surface area contributed by atoms with Crippen LogP contribution in [-0.2, 0) is 19.2 Å². The zero-order chi connectivity index (χ0) is 20.8. The quantitative estimate of drug-likeness (QED) is 0.432. The molecule has 156 valence electrons. The smallest absolute Gasteiger partial charge is 0.308 e. The average molecular weight is 399 g/mol. The molecule has 5 atom stereocenters. The summed E-state index contributed by atoms with van der Waals surface area (Å²) in [7, 11) is 1.56. The molecule has 0 bridgehead atoms. The van der Waals surface area contributed by atoms with Gasteiger partial charge >= 0.3 is 11.9 Å². The lowest BCUT2D eigenvalue weighted by Gasteiger charge is -2.50. The van der Waals surface area contributed by atoms with Crippen LogP contribution in [0.4, 0.5) is 0 Å². The summed E-state index contributed by atoms with van der Waals surface area (Å²) in [5, 5.41) is 4.33. The molecule has 0 amide bonds. The van der Waals surface area contributed by atoms with Gasteiger partial charge in [-0.1, -0.05) is 18.1 Å². The SMILES string of the molecule is CO/N=C1\C[C@@H]2[C@H](CC[C@]3(C)[C@@H](OC(C)=O)CC[C@@H]23)c2ccc(OC(C)=O)cc21.